The molecule has 90 heavy (non-hydrogen) atoms. The van der Waals surface area contributed by atoms with Gasteiger partial charge in [0.1, 0.15) is 0 Å². The van der Waals surface area contributed by atoms with Gasteiger partial charge in [0, 0.05) is 50.9 Å². The standard InChI is InChI=1S/C88H66N2/c1-87(2)81-35-17-15-31-71(81)73-49-41-61(53-83(73)87)57-37-43-65(44-38-57)89(63-25-7-5-8-26-63)67-47-51-77-79(55-67)85(75-33-19-23-59-21-11-13-29-69(59)75)78-52-48-68(56-80(78)86(77)76-34-20-24-60-22-12-14-30-70(60)76)90(64-27-9-6-10-28-64)66-45-39-58(40-46-66)62-42-50-74-72-32-16-18-36-82(72)88(3,4)84(74)54-62/h5-39,41-56,58H,40H2,1-4H3. The van der Waals surface area contributed by atoms with Crippen molar-refractivity contribution < 1.29 is 0 Å². The molecule has 0 heterocycles. The van der Waals surface area contributed by atoms with Gasteiger partial charge in [0.25, 0.3) is 0 Å². The summed E-state index contributed by atoms with van der Waals surface area (Å²) in [4.78, 5) is 4.90. The monoisotopic (exact) mass is 1150 g/mol. The Morgan fingerprint density at radius 1 is 0.300 bits per heavy atom. The fourth-order valence-corrected chi connectivity index (χ4v) is 15.7. The molecule has 0 aromatic heterocycles. The third-order valence-electron chi connectivity index (χ3n) is 20.2. The van der Waals surface area contributed by atoms with Crippen LogP contribution < -0.4 is 9.80 Å². The van der Waals surface area contributed by atoms with Crippen LogP contribution in [-0.2, 0) is 10.8 Å². The molecule has 0 fully saturated rings. The third-order valence-corrected chi connectivity index (χ3v) is 20.2. The summed E-state index contributed by atoms with van der Waals surface area (Å²) in [6.45, 7) is 9.48. The lowest BCUT2D eigenvalue weighted by Crippen LogP contribution is -2.18. The number of anilines is 5. The Hall–Kier alpha value is -10.8. The fourth-order valence-electron chi connectivity index (χ4n) is 15.7. The Kier molecular flexibility index (Phi) is 12.4. The van der Waals surface area contributed by atoms with Crippen molar-refractivity contribution in [1.29, 1.82) is 0 Å². The van der Waals surface area contributed by atoms with Gasteiger partial charge in [-0.05, 0) is 206 Å². The predicted molar refractivity (Wildman–Crippen MR) is 382 cm³/mol. The topological polar surface area (TPSA) is 6.48 Å². The average molecular weight is 1150 g/mol. The van der Waals surface area contributed by atoms with E-state index in [0.29, 0.717) is 0 Å². The van der Waals surface area contributed by atoms with Crippen LogP contribution in [-0.4, -0.2) is 0 Å². The van der Waals surface area contributed by atoms with E-state index in [1.54, 1.807) is 0 Å². The molecule has 0 aliphatic heterocycles. The number of allylic oxidation sites excluding steroid dienone is 3. The lowest BCUT2D eigenvalue weighted by molar-refractivity contribution is 0.658. The SMILES string of the molecule is CC1(C)c2ccccc2-c2ccc(-c3ccc(N(c4ccccc4)c4ccc5c(-c6cccc7ccccc67)c6cc(N(C7=CCC(c8ccc9c(c8)C(C)(C)c8ccccc8-9)C=C7)c7ccccc7)ccc6c(-c6cccc7ccccc67)c5c4)cc3)cc21. The molecule has 1 unspecified atom stereocenters. The normalized spacial score (nSPS) is 14.9. The number of rotatable bonds is 10. The third kappa shape index (κ3) is 8.53. The van der Waals surface area contributed by atoms with Crippen LogP contribution in [0.5, 0.6) is 0 Å². The number of fused-ring (bicyclic) bond motifs is 10. The summed E-state index contributed by atoms with van der Waals surface area (Å²) in [5.41, 5.74) is 26.1. The molecule has 0 N–H and O–H groups in total. The highest BCUT2D eigenvalue weighted by atomic mass is 15.1. The zero-order valence-corrected chi connectivity index (χ0v) is 51.1. The lowest BCUT2D eigenvalue weighted by Gasteiger charge is -2.30. The van der Waals surface area contributed by atoms with Gasteiger partial charge < -0.3 is 9.80 Å². The van der Waals surface area contributed by atoms with Crippen LogP contribution in [0, 0.1) is 0 Å². The maximum atomic E-state index is 2.49. The van der Waals surface area contributed by atoms with Gasteiger partial charge in [-0.2, -0.15) is 0 Å². The number of nitrogens with zero attached hydrogens (tertiary/aromatic N) is 2. The van der Waals surface area contributed by atoms with E-state index in [0.717, 1.165) is 40.6 Å². The molecule has 17 rings (SSSR count). The molecular weight excluding hydrogens is 1080 g/mol. The zero-order valence-electron chi connectivity index (χ0n) is 51.1. The highest BCUT2D eigenvalue weighted by Crippen LogP contribution is 2.54. The zero-order chi connectivity index (χ0) is 60.2. The van der Waals surface area contributed by atoms with Crippen molar-refractivity contribution in [2.45, 2.75) is 50.9 Å². The Morgan fingerprint density at radius 3 is 1.30 bits per heavy atom. The van der Waals surface area contributed by atoms with Crippen LogP contribution in [0.1, 0.15) is 67.9 Å². The number of hydrogen-bond acceptors (Lipinski definition) is 2. The molecule has 0 radical (unpaired) electrons. The molecule has 428 valence electrons. The summed E-state index contributed by atoms with van der Waals surface area (Å²) in [6, 6.07) is 109. The molecule has 3 aliphatic carbocycles. The first-order valence-corrected chi connectivity index (χ1v) is 31.8. The molecule has 1 atom stereocenters. The van der Waals surface area contributed by atoms with E-state index in [-0.39, 0.29) is 16.7 Å². The Morgan fingerprint density at radius 2 is 0.733 bits per heavy atom. The molecule has 0 amide bonds. The van der Waals surface area contributed by atoms with Crippen molar-refractivity contribution in [3.63, 3.8) is 0 Å². The van der Waals surface area contributed by atoms with Crippen molar-refractivity contribution in [3.05, 3.63) is 343 Å². The Balaban J connectivity index is 0.845. The minimum absolute atomic E-state index is 0.0556. The van der Waals surface area contributed by atoms with Crippen LogP contribution in [0.15, 0.2) is 315 Å². The van der Waals surface area contributed by atoms with Crippen molar-refractivity contribution >= 4 is 71.5 Å². The Bertz CT molecular complexity index is 5270. The molecule has 0 spiro atoms. The van der Waals surface area contributed by atoms with Crippen LogP contribution in [0.3, 0.4) is 0 Å². The molecule has 14 aromatic rings. The van der Waals surface area contributed by atoms with Crippen LogP contribution in [0.2, 0.25) is 0 Å². The predicted octanol–water partition coefficient (Wildman–Crippen LogP) is 24.1. The van der Waals surface area contributed by atoms with Gasteiger partial charge >= 0.3 is 0 Å². The number of para-hydroxylation sites is 2. The van der Waals surface area contributed by atoms with E-state index in [1.165, 1.54) is 127 Å². The first kappa shape index (κ1) is 53.4. The largest absolute Gasteiger partial charge is 0.311 e. The van der Waals surface area contributed by atoms with Crippen molar-refractivity contribution in [3.8, 4) is 55.6 Å². The number of benzene rings is 14. The maximum Gasteiger partial charge on any atom is 0.0468 e. The van der Waals surface area contributed by atoms with Gasteiger partial charge in [0.15, 0.2) is 0 Å². The summed E-state index contributed by atoms with van der Waals surface area (Å²) in [6.07, 6.45) is 8.16. The van der Waals surface area contributed by atoms with Gasteiger partial charge in [0.2, 0.25) is 0 Å². The van der Waals surface area contributed by atoms with E-state index >= 15 is 0 Å². The van der Waals surface area contributed by atoms with Crippen molar-refractivity contribution in [2.24, 2.45) is 0 Å². The smallest absolute Gasteiger partial charge is 0.0468 e. The van der Waals surface area contributed by atoms with Gasteiger partial charge in [-0.25, -0.2) is 0 Å². The number of hydrogen-bond donors (Lipinski definition) is 0. The van der Waals surface area contributed by atoms with E-state index < -0.39 is 0 Å². The van der Waals surface area contributed by atoms with Gasteiger partial charge in [-0.1, -0.05) is 264 Å². The summed E-state index contributed by atoms with van der Waals surface area (Å²) in [7, 11) is 0. The summed E-state index contributed by atoms with van der Waals surface area (Å²) < 4.78 is 0. The van der Waals surface area contributed by atoms with Gasteiger partial charge in [0.05, 0.1) is 0 Å². The van der Waals surface area contributed by atoms with E-state index in [1.807, 2.05) is 0 Å². The van der Waals surface area contributed by atoms with Gasteiger partial charge in [-0.15, -0.1) is 0 Å². The van der Waals surface area contributed by atoms with Crippen LogP contribution >= 0.6 is 0 Å². The second-order valence-electron chi connectivity index (χ2n) is 25.9. The van der Waals surface area contributed by atoms with E-state index in [4.69, 9.17) is 0 Å². The first-order valence-electron chi connectivity index (χ1n) is 31.8. The molecule has 2 heteroatoms. The van der Waals surface area contributed by atoms with E-state index in [9.17, 15) is 0 Å². The second-order valence-corrected chi connectivity index (χ2v) is 25.9. The molecule has 2 nitrogen and oxygen atoms in total. The highest BCUT2D eigenvalue weighted by Gasteiger charge is 2.37. The molecule has 0 bridgehead atoms. The van der Waals surface area contributed by atoms with Crippen LogP contribution in [0.25, 0.3) is 98.7 Å². The molecule has 14 aromatic carbocycles. The minimum atomic E-state index is -0.0810. The van der Waals surface area contributed by atoms with E-state index in [2.05, 4.69) is 347 Å². The molecule has 0 saturated carbocycles. The maximum absolute atomic E-state index is 2.49. The summed E-state index contributed by atoms with van der Waals surface area (Å²) in [5.74, 6) is 0.254. The second kappa shape index (κ2) is 20.9. The molecule has 3 aliphatic rings. The Labute approximate surface area is 527 Å². The lowest BCUT2D eigenvalue weighted by atomic mass is 9.80. The quantitative estimate of drug-likeness (QED) is 0.126. The highest BCUT2D eigenvalue weighted by molar-refractivity contribution is 6.26. The summed E-state index contributed by atoms with van der Waals surface area (Å²) >= 11 is 0. The molecular formula is C88H66N2. The molecule has 0 saturated heterocycles. The van der Waals surface area contributed by atoms with Crippen LogP contribution in [0.4, 0.5) is 28.4 Å². The fraction of sp³-hybridized carbons (Fsp3) is 0.0909. The minimum Gasteiger partial charge on any atom is -0.311 e. The van der Waals surface area contributed by atoms with Gasteiger partial charge in [-0.3, -0.25) is 0 Å². The summed E-state index contributed by atoms with van der Waals surface area (Å²) in [5, 5.41) is 9.64. The van der Waals surface area contributed by atoms with Crippen molar-refractivity contribution in [1.82, 2.24) is 0 Å². The van der Waals surface area contributed by atoms with Crippen molar-refractivity contribution in [2.75, 3.05) is 9.80 Å². The average Bonchev–Trinajstić information content (AvgIpc) is 0.821. The first-order chi connectivity index (χ1) is 44.2.